The van der Waals surface area contributed by atoms with Crippen LogP contribution in [-0.2, 0) is 4.79 Å². The van der Waals surface area contributed by atoms with E-state index in [1.165, 1.54) is 31.2 Å². The van der Waals surface area contributed by atoms with Crippen LogP contribution in [-0.4, -0.2) is 23.9 Å². The molecule has 3 nitrogen and oxygen atoms in total. The molecule has 0 bridgehead atoms. The molecule has 1 saturated heterocycles. The lowest BCUT2D eigenvalue weighted by molar-refractivity contribution is -0.128. The van der Waals surface area contributed by atoms with Crippen molar-refractivity contribution in [1.29, 1.82) is 0 Å². The fourth-order valence-corrected chi connectivity index (χ4v) is 3.94. The first-order valence-electron chi connectivity index (χ1n) is 7.29. The van der Waals surface area contributed by atoms with Gasteiger partial charge in [0.1, 0.15) is 6.17 Å². The Balaban J connectivity index is 1.66. The van der Waals surface area contributed by atoms with E-state index in [0.29, 0.717) is 12.5 Å². The molecule has 104 valence electrons. The molecule has 3 rings (SSSR count). The molecule has 1 unspecified atom stereocenters. The minimum Gasteiger partial charge on any atom is -0.322 e. The second-order valence-electron chi connectivity index (χ2n) is 6.01. The van der Waals surface area contributed by atoms with E-state index < -0.39 is 0 Å². The summed E-state index contributed by atoms with van der Waals surface area (Å²) in [5.41, 5.74) is 1.24. The van der Waals surface area contributed by atoms with E-state index in [9.17, 15) is 4.79 Å². The maximum Gasteiger partial charge on any atom is 0.238 e. The highest BCUT2D eigenvalue weighted by Gasteiger charge is 2.33. The first-order chi connectivity index (χ1) is 9.24. The highest BCUT2D eigenvalue weighted by Crippen LogP contribution is 2.32. The van der Waals surface area contributed by atoms with Crippen molar-refractivity contribution in [2.45, 2.75) is 38.8 Å². The van der Waals surface area contributed by atoms with Gasteiger partial charge in [0.15, 0.2) is 0 Å². The molecule has 1 N–H and O–H groups in total. The molecular formula is C15H22N2OS. The van der Waals surface area contributed by atoms with E-state index in [0.717, 1.165) is 12.5 Å². The normalized spacial score (nSPS) is 31.9. The summed E-state index contributed by atoms with van der Waals surface area (Å²) in [4.78, 5) is 14.1. The zero-order chi connectivity index (χ0) is 13.2. The molecule has 0 spiro atoms. The maximum absolute atomic E-state index is 12.1. The summed E-state index contributed by atoms with van der Waals surface area (Å²) >= 11 is 1.70. The number of rotatable bonds is 3. The number of nitrogens with zero attached hydrogens (tertiary/aromatic N) is 1. The largest absolute Gasteiger partial charge is 0.322 e. The van der Waals surface area contributed by atoms with E-state index in [2.05, 4.69) is 34.0 Å². The molecule has 1 aliphatic heterocycles. The Kier molecular flexibility index (Phi) is 3.89. The van der Waals surface area contributed by atoms with Crippen LogP contribution >= 0.6 is 11.3 Å². The van der Waals surface area contributed by atoms with Gasteiger partial charge in [0, 0.05) is 6.54 Å². The van der Waals surface area contributed by atoms with Crippen LogP contribution in [0.1, 0.15) is 44.3 Å². The third-order valence-corrected chi connectivity index (χ3v) is 5.23. The monoisotopic (exact) mass is 278 g/mol. The predicted octanol–water partition coefficient (Wildman–Crippen LogP) is 3.00. The zero-order valence-corrected chi connectivity index (χ0v) is 12.3. The average Bonchev–Trinajstić information content (AvgIpc) is 3.03. The Morgan fingerprint density at radius 1 is 1.37 bits per heavy atom. The summed E-state index contributed by atoms with van der Waals surface area (Å²) in [5.74, 6) is 1.83. The lowest BCUT2D eigenvalue weighted by atomic mass is 9.83. The maximum atomic E-state index is 12.1. The number of hydrogen-bond acceptors (Lipinski definition) is 3. The average molecular weight is 278 g/mol. The molecule has 0 aromatic carbocycles. The Labute approximate surface area is 119 Å². The number of carbonyl (C=O) groups excluding carboxylic acids is 1. The molecule has 1 aromatic heterocycles. The van der Waals surface area contributed by atoms with Crippen LogP contribution in [0.4, 0.5) is 0 Å². The van der Waals surface area contributed by atoms with Gasteiger partial charge >= 0.3 is 0 Å². The summed E-state index contributed by atoms with van der Waals surface area (Å²) in [7, 11) is 0. The molecular weight excluding hydrogens is 256 g/mol. The molecule has 1 atom stereocenters. The van der Waals surface area contributed by atoms with Crippen molar-refractivity contribution in [2.75, 3.05) is 13.1 Å². The van der Waals surface area contributed by atoms with Crippen LogP contribution in [0.5, 0.6) is 0 Å². The van der Waals surface area contributed by atoms with Gasteiger partial charge in [-0.1, -0.05) is 19.8 Å². The van der Waals surface area contributed by atoms with E-state index in [1.807, 2.05) is 0 Å². The minimum absolute atomic E-state index is 0.109. The van der Waals surface area contributed by atoms with E-state index in [-0.39, 0.29) is 12.1 Å². The van der Waals surface area contributed by atoms with Gasteiger partial charge in [-0.2, -0.15) is 11.3 Å². The highest BCUT2D eigenvalue weighted by molar-refractivity contribution is 7.07. The number of hydrogen-bond donors (Lipinski definition) is 1. The minimum atomic E-state index is 0.109. The Morgan fingerprint density at radius 3 is 2.84 bits per heavy atom. The molecule has 4 heteroatoms. The van der Waals surface area contributed by atoms with Crippen LogP contribution in [0, 0.1) is 11.8 Å². The topological polar surface area (TPSA) is 32.3 Å². The first-order valence-corrected chi connectivity index (χ1v) is 8.23. The Morgan fingerprint density at radius 2 is 2.16 bits per heavy atom. The number of carbonyl (C=O) groups is 1. The summed E-state index contributed by atoms with van der Waals surface area (Å²) in [6.45, 7) is 3.76. The number of nitrogens with one attached hydrogen (secondary N) is 1. The van der Waals surface area contributed by atoms with Gasteiger partial charge in [0.2, 0.25) is 5.91 Å². The van der Waals surface area contributed by atoms with Gasteiger partial charge in [0.25, 0.3) is 0 Å². The third kappa shape index (κ3) is 2.84. The fraction of sp³-hybridized carbons (Fsp3) is 0.667. The molecule has 1 aliphatic carbocycles. The van der Waals surface area contributed by atoms with Crippen molar-refractivity contribution >= 4 is 17.2 Å². The first kappa shape index (κ1) is 13.1. The third-order valence-electron chi connectivity index (χ3n) is 4.53. The summed E-state index contributed by atoms with van der Waals surface area (Å²) < 4.78 is 0. The van der Waals surface area contributed by atoms with Gasteiger partial charge in [-0.3, -0.25) is 10.1 Å². The summed E-state index contributed by atoms with van der Waals surface area (Å²) in [6.07, 6.45) is 5.31. The van der Waals surface area contributed by atoms with Crippen LogP contribution in [0.3, 0.4) is 0 Å². The number of amides is 1. The van der Waals surface area contributed by atoms with Crippen molar-refractivity contribution in [3.8, 4) is 0 Å². The van der Waals surface area contributed by atoms with Crippen molar-refractivity contribution in [3.63, 3.8) is 0 Å². The second-order valence-corrected chi connectivity index (χ2v) is 6.79. The highest BCUT2D eigenvalue weighted by atomic mass is 32.1. The van der Waals surface area contributed by atoms with Crippen molar-refractivity contribution in [2.24, 2.45) is 11.8 Å². The SMILES string of the molecule is CC1CCC(CN2C(=O)CNC2c2ccsc2)CC1. The molecule has 2 heterocycles. The number of thiophene rings is 1. The van der Waals surface area contributed by atoms with Crippen LogP contribution in [0.2, 0.25) is 0 Å². The molecule has 1 aromatic rings. The van der Waals surface area contributed by atoms with Gasteiger partial charge < -0.3 is 4.90 Å². The lowest BCUT2D eigenvalue weighted by Crippen LogP contribution is -2.35. The van der Waals surface area contributed by atoms with Gasteiger partial charge in [0.05, 0.1) is 6.54 Å². The van der Waals surface area contributed by atoms with Crippen LogP contribution < -0.4 is 5.32 Å². The van der Waals surface area contributed by atoms with Gasteiger partial charge in [-0.05, 0) is 47.1 Å². The van der Waals surface area contributed by atoms with Crippen LogP contribution in [0.15, 0.2) is 16.8 Å². The van der Waals surface area contributed by atoms with Gasteiger partial charge in [-0.15, -0.1) is 0 Å². The van der Waals surface area contributed by atoms with E-state index >= 15 is 0 Å². The molecule has 0 radical (unpaired) electrons. The smallest absolute Gasteiger partial charge is 0.238 e. The quantitative estimate of drug-likeness (QED) is 0.922. The fourth-order valence-electron chi connectivity index (χ4n) is 3.27. The predicted molar refractivity (Wildman–Crippen MR) is 77.9 cm³/mol. The van der Waals surface area contributed by atoms with E-state index in [1.54, 1.807) is 11.3 Å². The summed E-state index contributed by atoms with van der Waals surface area (Å²) in [5, 5.41) is 7.57. The lowest BCUT2D eigenvalue weighted by Gasteiger charge is -2.32. The van der Waals surface area contributed by atoms with Crippen LogP contribution in [0.25, 0.3) is 0 Å². The molecule has 1 amide bonds. The molecule has 2 aliphatic rings. The zero-order valence-electron chi connectivity index (χ0n) is 11.5. The summed E-state index contributed by atoms with van der Waals surface area (Å²) in [6, 6.07) is 2.12. The van der Waals surface area contributed by atoms with E-state index in [4.69, 9.17) is 0 Å². The van der Waals surface area contributed by atoms with Gasteiger partial charge in [-0.25, -0.2) is 0 Å². The molecule has 2 fully saturated rings. The molecule has 1 saturated carbocycles. The Hall–Kier alpha value is -0.870. The standard InChI is InChI=1S/C15H22N2OS/c1-11-2-4-12(5-3-11)9-17-14(18)8-16-15(17)13-6-7-19-10-13/h6-7,10-12,15-16H,2-5,8-9H2,1H3. The van der Waals surface area contributed by atoms with Crippen molar-refractivity contribution in [3.05, 3.63) is 22.4 Å². The van der Waals surface area contributed by atoms with Crippen molar-refractivity contribution < 1.29 is 4.79 Å². The Bertz CT molecular complexity index is 423. The van der Waals surface area contributed by atoms with Crippen molar-refractivity contribution in [1.82, 2.24) is 10.2 Å². The molecule has 19 heavy (non-hydrogen) atoms. The second kappa shape index (κ2) is 5.63.